The lowest BCUT2D eigenvalue weighted by molar-refractivity contribution is -0.136. The number of anilines is 1. The van der Waals surface area contributed by atoms with Gasteiger partial charge in [0, 0.05) is 36.4 Å². The fraction of sp³-hybridized carbons (Fsp3) is 0.474. The quantitative estimate of drug-likeness (QED) is 0.758. The van der Waals surface area contributed by atoms with Gasteiger partial charge in [-0.2, -0.15) is 30.6 Å². The molecule has 1 amide bonds. The van der Waals surface area contributed by atoms with Gasteiger partial charge in [0.05, 0.1) is 17.6 Å². The maximum absolute atomic E-state index is 13.4. The van der Waals surface area contributed by atoms with Crippen LogP contribution in [0.1, 0.15) is 18.9 Å². The third-order valence-electron chi connectivity index (χ3n) is 5.38. The minimum atomic E-state index is -4.54. The Hall–Kier alpha value is -2.60. The predicted molar refractivity (Wildman–Crippen MR) is 107 cm³/mol. The molecule has 12 heteroatoms. The number of cyclic esters (lactones) is 1. The summed E-state index contributed by atoms with van der Waals surface area (Å²) in [6, 6.07) is 5.01. The normalized spacial score (nSPS) is 22.8. The Bertz CT molecular complexity index is 1110. The summed E-state index contributed by atoms with van der Waals surface area (Å²) in [6.45, 7) is 2.65. The maximum atomic E-state index is 13.4. The molecule has 2 saturated heterocycles. The van der Waals surface area contributed by atoms with E-state index in [4.69, 9.17) is 4.74 Å². The first-order valence-corrected chi connectivity index (χ1v) is 11.2. The van der Waals surface area contributed by atoms with Crippen molar-refractivity contribution in [2.24, 2.45) is 5.92 Å². The molecule has 0 spiro atoms. The largest absolute Gasteiger partial charge is 0.447 e. The molecule has 4 rings (SSSR count). The SMILES string of the molecule is C[C@H]1C[C@@H](NS(=O)(=O)N2CCOC2=O)CN(c2ccc(C(F)(F)F)c3ncccc23)C1. The van der Waals surface area contributed by atoms with Crippen molar-refractivity contribution in [1.29, 1.82) is 0 Å². The highest BCUT2D eigenvalue weighted by molar-refractivity contribution is 7.87. The fourth-order valence-corrected chi connectivity index (χ4v) is 5.45. The number of aromatic nitrogens is 1. The van der Waals surface area contributed by atoms with E-state index in [-0.39, 0.29) is 31.1 Å². The average molecular weight is 458 g/mol. The highest BCUT2D eigenvalue weighted by atomic mass is 32.2. The van der Waals surface area contributed by atoms with E-state index in [0.717, 1.165) is 6.07 Å². The summed E-state index contributed by atoms with van der Waals surface area (Å²) < 4.78 is 73.3. The zero-order chi connectivity index (χ0) is 22.4. The van der Waals surface area contributed by atoms with E-state index < -0.39 is 34.1 Å². The lowest BCUT2D eigenvalue weighted by Gasteiger charge is -2.39. The molecule has 0 unspecified atom stereocenters. The first-order chi connectivity index (χ1) is 14.6. The minimum Gasteiger partial charge on any atom is -0.447 e. The lowest BCUT2D eigenvalue weighted by Crippen LogP contribution is -2.53. The molecule has 1 N–H and O–H groups in total. The number of carbonyl (C=O) groups excluding carboxylic acids is 1. The van der Waals surface area contributed by atoms with Crippen molar-refractivity contribution in [2.45, 2.75) is 25.6 Å². The number of pyridine rings is 1. The summed E-state index contributed by atoms with van der Waals surface area (Å²) in [5, 5.41) is 0.344. The van der Waals surface area contributed by atoms with Crippen molar-refractivity contribution in [1.82, 2.24) is 14.0 Å². The molecule has 8 nitrogen and oxygen atoms in total. The van der Waals surface area contributed by atoms with Crippen molar-refractivity contribution >= 4 is 32.9 Å². The number of amides is 1. The second-order valence-corrected chi connectivity index (χ2v) is 9.41. The molecule has 2 atom stereocenters. The van der Waals surface area contributed by atoms with Crippen molar-refractivity contribution in [3.05, 3.63) is 36.0 Å². The highest BCUT2D eigenvalue weighted by Gasteiger charge is 2.38. The predicted octanol–water partition coefficient (Wildman–Crippen LogP) is 2.76. The first-order valence-electron chi connectivity index (χ1n) is 9.73. The number of hydrogen-bond acceptors (Lipinski definition) is 6. The van der Waals surface area contributed by atoms with Gasteiger partial charge < -0.3 is 9.64 Å². The van der Waals surface area contributed by atoms with E-state index in [1.807, 2.05) is 11.8 Å². The molecule has 31 heavy (non-hydrogen) atoms. The third-order valence-corrected chi connectivity index (χ3v) is 6.92. The van der Waals surface area contributed by atoms with E-state index in [9.17, 15) is 26.4 Å². The maximum Gasteiger partial charge on any atom is 0.424 e. The summed E-state index contributed by atoms with van der Waals surface area (Å²) >= 11 is 0. The van der Waals surface area contributed by atoms with Crippen LogP contribution >= 0.6 is 0 Å². The highest BCUT2D eigenvalue weighted by Crippen LogP contribution is 2.38. The molecule has 0 bridgehead atoms. The molecule has 168 valence electrons. The van der Waals surface area contributed by atoms with Crippen LogP contribution in [0.2, 0.25) is 0 Å². The Kier molecular flexibility index (Phi) is 5.46. The number of halogens is 3. The van der Waals surface area contributed by atoms with Crippen LogP contribution < -0.4 is 9.62 Å². The van der Waals surface area contributed by atoms with Gasteiger partial charge in [0.25, 0.3) is 0 Å². The van der Waals surface area contributed by atoms with E-state index in [1.54, 1.807) is 12.1 Å². The van der Waals surface area contributed by atoms with Gasteiger partial charge in [-0.15, -0.1) is 0 Å². The number of rotatable bonds is 4. The molecule has 1 aromatic heterocycles. The molecule has 0 saturated carbocycles. The van der Waals surface area contributed by atoms with Crippen molar-refractivity contribution < 1.29 is 31.1 Å². The van der Waals surface area contributed by atoms with Gasteiger partial charge in [-0.25, -0.2) is 4.79 Å². The second-order valence-electron chi connectivity index (χ2n) is 7.78. The number of nitrogens with one attached hydrogen (secondary N) is 1. The van der Waals surface area contributed by atoms with E-state index in [2.05, 4.69) is 9.71 Å². The van der Waals surface area contributed by atoms with Gasteiger partial charge in [-0.3, -0.25) is 4.98 Å². The fourth-order valence-electron chi connectivity index (χ4n) is 4.17. The smallest absolute Gasteiger partial charge is 0.424 e. The zero-order valence-electron chi connectivity index (χ0n) is 16.6. The summed E-state index contributed by atoms with van der Waals surface area (Å²) in [7, 11) is -4.09. The number of alkyl halides is 3. The number of benzene rings is 1. The number of carbonyl (C=O) groups is 1. The van der Waals surface area contributed by atoms with Crippen LogP contribution in [0.25, 0.3) is 10.9 Å². The van der Waals surface area contributed by atoms with Crippen LogP contribution in [0, 0.1) is 5.92 Å². The van der Waals surface area contributed by atoms with E-state index >= 15 is 0 Å². The first kappa shape index (κ1) is 21.6. The van der Waals surface area contributed by atoms with Crippen LogP contribution in [0.15, 0.2) is 30.5 Å². The Morgan fingerprint density at radius 2 is 2.00 bits per heavy atom. The summed E-state index contributed by atoms with van der Waals surface area (Å²) in [6.07, 6.45) is -3.63. The van der Waals surface area contributed by atoms with Gasteiger partial charge in [-0.1, -0.05) is 6.92 Å². The Morgan fingerprint density at radius 3 is 2.68 bits per heavy atom. The van der Waals surface area contributed by atoms with Crippen LogP contribution in [-0.4, -0.2) is 56.1 Å². The molecule has 1 aromatic carbocycles. The Labute approximate surface area is 177 Å². The van der Waals surface area contributed by atoms with Gasteiger partial charge in [0.2, 0.25) is 0 Å². The molecule has 3 heterocycles. The molecule has 2 fully saturated rings. The second kappa shape index (κ2) is 7.83. The van der Waals surface area contributed by atoms with Gasteiger partial charge in [0.1, 0.15) is 6.61 Å². The molecule has 0 aliphatic carbocycles. The van der Waals surface area contributed by atoms with Crippen LogP contribution in [0.3, 0.4) is 0 Å². The topological polar surface area (TPSA) is 91.8 Å². The third kappa shape index (κ3) is 4.26. The van der Waals surface area contributed by atoms with Gasteiger partial charge in [0.15, 0.2) is 0 Å². The average Bonchev–Trinajstić information content (AvgIpc) is 3.12. The van der Waals surface area contributed by atoms with E-state index in [1.165, 1.54) is 12.3 Å². The number of hydrogen-bond donors (Lipinski definition) is 1. The monoisotopic (exact) mass is 458 g/mol. The standard InChI is InChI=1S/C19H21F3N4O4S/c1-12-9-13(24-31(28,29)26-7-8-30-18(26)27)11-25(10-12)16-5-4-15(19(20,21)22)17-14(16)3-2-6-23-17/h2-6,12-13,24H,7-11H2,1H3/t12-,13+/m0/s1. The number of fused-ring (bicyclic) bond motifs is 1. The van der Waals surface area contributed by atoms with Crippen molar-refractivity contribution in [3.63, 3.8) is 0 Å². The van der Waals surface area contributed by atoms with Crippen LogP contribution in [-0.2, 0) is 21.1 Å². The summed E-state index contributed by atoms with van der Waals surface area (Å²) in [4.78, 5) is 17.4. The van der Waals surface area contributed by atoms with E-state index in [0.29, 0.717) is 28.3 Å². The zero-order valence-corrected chi connectivity index (χ0v) is 17.4. The molecule has 2 aromatic rings. The summed E-state index contributed by atoms with van der Waals surface area (Å²) in [5.74, 6) is 0.0565. The minimum absolute atomic E-state index is 0.00250. The number of nitrogens with zero attached hydrogens (tertiary/aromatic N) is 3. The molecule has 0 radical (unpaired) electrons. The molecular formula is C19H21F3N4O4S. The molecule has 2 aliphatic rings. The van der Waals surface area contributed by atoms with Crippen LogP contribution in [0.4, 0.5) is 23.7 Å². The van der Waals surface area contributed by atoms with Crippen molar-refractivity contribution in [2.75, 3.05) is 31.1 Å². The number of ether oxygens (including phenoxy) is 1. The summed E-state index contributed by atoms with van der Waals surface area (Å²) in [5.41, 5.74) is -0.420. The molecule has 2 aliphatic heterocycles. The van der Waals surface area contributed by atoms with Crippen LogP contribution in [0.5, 0.6) is 0 Å². The lowest BCUT2D eigenvalue weighted by atomic mass is 9.95. The van der Waals surface area contributed by atoms with Crippen molar-refractivity contribution in [3.8, 4) is 0 Å². The van der Waals surface area contributed by atoms with Gasteiger partial charge >= 0.3 is 22.5 Å². The molecular weight excluding hydrogens is 437 g/mol. The Balaban J connectivity index is 1.63. The van der Waals surface area contributed by atoms with Gasteiger partial charge in [-0.05, 0) is 36.6 Å². The Morgan fingerprint density at radius 1 is 1.23 bits per heavy atom. The number of piperidine rings is 1.